The molecule has 0 radical (unpaired) electrons. The molecule has 1 aromatic rings. The molecule has 2 rings (SSSR count). The molecule has 0 heterocycles. The van der Waals surface area contributed by atoms with Gasteiger partial charge < -0.3 is 4.74 Å². The van der Waals surface area contributed by atoms with Crippen LogP contribution in [0.25, 0.3) is 0 Å². The highest BCUT2D eigenvalue weighted by Gasteiger charge is 2.23. The van der Waals surface area contributed by atoms with Crippen molar-refractivity contribution < 1.29 is 9.53 Å². The summed E-state index contributed by atoms with van der Waals surface area (Å²) in [6.45, 7) is 2.25. The first-order chi connectivity index (χ1) is 9.13. The number of rotatable bonds is 4. The number of carbonyl (C=O) groups excluding carboxylic acids is 1. The minimum atomic E-state index is 0.286. The number of ether oxygens (including phenoxy) is 1. The van der Waals surface area contributed by atoms with Gasteiger partial charge in [-0.3, -0.25) is 4.79 Å². The lowest BCUT2D eigenvalue weighted by atomic mass is 9.85. The van der Waals surface area contributed by atoms with E-state index in [9.17, 15) is 4.79 Å². The lowest BCUT2D eigenvalue weighted by molar-refractivity contribution is 0.112. The Morgan fingerprint density at radius 3 is 2.58 bits per heavy atom. The van der Waals surface area contributed by atoms with Crippen molar-refractivity contribution in [3.8, 4) is 5.75 Å². The van der Waals surface area contributed by atoms with E-state index in [1.807, 2.05) is 0 Å². The van der Waals surface area contributed by atoms with Crippen LogP contribution in [0, 0.1) is 5.92 Å². The maximum atomic E-state index is 10.8. The average molecular weight is 390 g/mol. The van der Waals surface area contributed by atoms with E-state index in [0.29, 0.717) is 5.56 Å². The van der Waals surface area contributed by atoms with E-state index < -0.39 is 0 Å². The van der Waals surface area contributed by atoms with Crippen LogP contribution >= 0.6 is 31.9 Å². The minimum Gasteiger partial charge on any atom is -0.488 e. The Labute approximate surface area is 131 Å². The molecule has 1 aliphatic carbocycles. The second kappa shape index (κ2) is 6.89. The minimum absolute atomic E-state index is 0.286. The van der Waals surface area contributed by atoms with Gasteiger partial charge in [0.05, 0.1) is 15.0 Å². The third kappa shape index (κ3) is 3.82. The van der Waals surface area contributed by atoms with Gasteiger partial charge in [0.2, 0.25) is 0 Å². The summed E-state index contributed by atoms with van der Waals surface area (Å²) in [5.74, 6) is 1.60. The summed E-state index contributed by atoms with van der Waals surface area (Å²) in [6, 6.07) is 3.60. The fourth-order valence-corrected chi connectivity index (χ4v) is 4.06. The van der Waals surface area contributed by atoms with Crippen molar-refractivity contribution in [3.05, 3.63) is 26.6 Å². The van der Waals surface area contributed by atoms with Gasteiger partial charge in [0.15, 0.2) is 0 Å². The molecule has 0 aromatic heterocycles. The molecule has 0 spiro atoms. The molecule has 2 nitrogen and oxygen atoms in total. The summed E-state index contributed by atoms with van der Waals surface area (Å²) >= 11 is 6.97. The van der Waals surface area contributed by atoms with E-state index in [1.165, 1.54) is 19.3 Å². The Bertz CT molecular complexity index is 436. The van der Waals surface area contributed by atoms with Gasteiger partial charge in [-0.25, -0.2) is 0 Å². The molecule has 0 aliphatic heterocycles. The fraction of sp³-hybridized carbons (Fsp3) is 0.533. The number of halogens is 2. The first kappa shape index (κ1) is 15.0. The summed E-state index contributed by atoms with van der Waals surface area (Å²) < 4.78 is 7.81. The summed E-state index contributed by atoms with van der Waals surface area (Å²) in [7, 11) is 0. The molecule has 0 bridgehead atoms. The third-order valence-corrected chi connectivity index (χ3v) is 4.93. The van der Waals surface area contributed by atoms with E-state index in [4.69, 9.17) is 4.74 Å². The smallest absolute Gasteiger partial charge is 0.150 e. The van der Waals surface area contributed by atoms with Crippen LogP contribution in [0.5, 0.6) is 5.75 Å². The van der Waals surface area contributed by atoms with Crippen LogP contribution in [-0.4, -0.2) is 12.4 Å². The normalized spacial score (nSPS) is 23.1. The molecule has 104 valence electrons. The first-order valence-corrected chi connectivity index (χ1v) is 8.33. The van der Waals surface area contributed by atoms with Gasteiger partial charge in [-0.15, -0.1) is 0 Å². The zero-order valence-electron chi connectivity index (χ0n) is 11.0. The first-order valence-electron chi connectivity index (χ1n) is 6.75. The molecular formula is C15H18Br2O2. The molecule has 19 heavy (non-hydrogen) atoms. The van der Waals surface area contributed by atoms with Crippen molar-refractivity contribution in [1.29, 1.82) is 0 Å². The summed E-state index contributed by atoms with van der Waals surface area (Å²) in [4.78, 5) is 10.8. The predicted octanol–water partition coefficient (Wildman–Crippen LogP) is 5.37. The molecule has 4 heteroatoms. The van der Waals surface area contributed by atoms with Crippen LogP contribution < -0.4 is 4.74 Å². The second-order valence-corrected chi connectivity index (χ2v) is 6.82. The SMILES string of the molecule is CCC1CCCC(Oc2c(Br)cc(C=O)cc2Br)C1. The number of carbonyl (C=O) groups is 1. The van der Waals surface area contributed by atoms with E-state index in [-0.39, 0.29) is 6.10 Å². The maximum absolute atomic E-state index is 10.8. The molecule has 0 amide bonds. The van der Waals surface area contributed by atoms with Gasteiger partial charge in [-0.05, 0) is 69.2 Å². The Morgan fingerprint density at radius 2 is 2.00 bits per heavy atom. The standard InChI is InChI=1S/C15H18Br2O2/c1-2-10-4-3-5-12(6-10)19-15-13(16)7-11(9-18)8-14(15)17/h7-10,12H,2-6H2,1H3. The molecule has 0 saturated heterocycles. The topological polar surface area (TPSA) is 26.3 Å². The van der Waals surface area contributed by atoms with E-state index >= 15 is 0 Å². The predicted molar refractivity (Wildman–Crippen MR) is 83.9 cm³/mol. The van der Waals surface area contributed by atoms with Crippen molar-refractivity contribution in [1.82, 2.24) is 0 Å². The van der Waals surface area contributed by atoms with Crippen LogP contribution in [0.3, 0.4) is 0 Å². The molecule has 2 unspecified atom stereocenters. The zero-order chi connectivity index (χ0) is 13.8. The van der Waals surface area contributed by atoms with Crippen molar-refractivity contribution in [2.45, 2.75) is 45.1 Å². The molecule has 1 saturated carbocycles. The summed E-state index contributed by atoms with van der Waals surface area (Å²) in [5, 5.41) is 0. The van der Waals surface area contributed by atoms with Crippen LogP contribution in [0.4, 0.5) is 0 Å². The van der Waals surface area contributed by atoms with Crippen molar-refractivity contribution in [3.63, 3.8) is 0 Å². The lowest BCUT2D eigenvalue weighted by Gasteiger charge is -2.29. The Morgan fingerprint density at radius 1 is 1.32 bits per heavy atom. The summed E-state index contributed by atoms with van der Waals surface area (Å²) in [5.41, 5.74) is 0.640. The van der Waals surface area contributed by atoms with Crippen molar-refractivity contribution >= 4 is 38.1 Å². The fourth-order valence-electron chi connectivity index (χ4n) is 2.65. The van der Waals surface area contributed by atoms with Crippen molar-refractivity contribution in [2.75, 3.05) is 0 Å². The lowest BCUT2D eigenvalue weighted by Crippen LogP contribution is -2.25. The van der Waals surface area contributed by atoms with E-state index in [2.05, 4.69) is 38.8 Å². The average Bonchev–Trinajstić information content (AvgIpc) is 2.42. The quantitative estimate of drug-likeness (QED) is 0.647. The zero-order valence-corrected chi connectivity index (χ0v) is 14.2. The monoisotopic (exact) mass is 388 g/mol. The van der Waals surface area contributed by atoms with Crippen LogP contribution in [0.1, 0.15) is 49.4 Å². The van der Waals surface area contributed by atoms with Crippen LogP contribution in [0.2, 0.25) is 0 Å². The van der Waals surface area contributed by atoms with Crippen LogP contribution in [0.15, 0.2) is 21.1 Å². The molecule has 1 aliphatic rings. The summed E-state index contributed by atoms with van der Waals surface area (Å²) in [6.07, 6.45) is 7.16. The van der Waals surface area contributed by atoms with Gasteiger partial charge in [0.25, 0.3) is 0 Å². The Kier molecular flexibility index (Phi) is 5.46. The van der Waals surface area contributed by atoms with Crippen LogP contribution in [-0.2, 0) is 0 Å². The van der Waals surface area contributed by atoms with Gasteiger partial charge in [-0.2, -0.15) is 0 Å². The highest BCUT2D eigenvalue weighted by molar-refractivity contribution is 9.11. The largest absolute Gasteiger partial charge is 0.488 e. The Hall–Kier alpha value is -0.350. The number of benzene rings is 1. The van der Waals surface area contributed by atoms with Gasteiger partial charge in [0.1, 0.15) is 12.0 Å². The van der Waals surface area contributed by atoms with Gasteiger partial charge >= 0.3 is 0 Å². The highest BCUT2D eigenvalue weighted by atomic mass is 79.9. The van der Waals surface area contributed by atoms with Gasteiger partial charge in [0, 0.05) is 5.56 Å². The number of aldehydes is 1. The maximum Gasteiger partial charge on any atom is 0.150 e. The second-order valence-electron chi connectivity index (χ2n) is 5.11. The molecule has 1 fully saturated rings. The molecule has 1 aromatic carbocycles. The number of hydrogen-bond acceptors (Lipinski definition) is 2. The highest BCUT2D eigenvalue weighted by Crippen LogP contribution is 2.38. The number of hydrogen-bond donors (Lipinski definition) is 0. The van der Waals surface area contributed by atoms with Crippen molar-refractivity contribution in [2.24, 2.45) is 5.92 Å². The van der Waals surface area contributed by atoms with Gasteiger partial charge in [-0.1, -0.05) is 19.8 Å². The third-order valence-electron chi connectivity index (χ3n) is 3.75. The molecular weight excluding hydrogens is 372 g/mol. The van der Waals surface area contributed by atoms with E-state index in [1.54, 1.807) is 12.1 Å². The Balaban J connectivity index is 2.12. The molecule has 2 atom stereocenters. The molecule has 0 N–H and O–H groups in total. The van der Waals surface area contributed by atoms with E-state index in [0.717, 1.165) is 39.7 Å².